The molecule has 0 aromatic heterocycles. The minimum atomic E-state index is -0.116. The summed E-state index contributed by atoms with van der Waals surface area (Å²) in [4.78, 5) is 16.2. The topological polar surface area (TPSA) is 79.5 Å². The fraction of sp³-hybridized carbons (Fsp3) is 0.500. The van der Waals surface area contributed by atoms with E-state index in [0.29, 0.717) is 24.6 Å². The molecular formula is C16H26N4O. The van der Waals surface area contributed by atoms with Crippen molar-refractivity contribution in [3.05, 3.63) is 35.4 Å². The number of carbonyl (C=O) groups excluding carboxylic acids is 1. The van der Waals surface area contributed by atoms with Crippen LogP contribution in [0.1, 0.15) is 50.0 Å². The lowest BCUT2D eigenvalue weighted by atomic mass is 10.1. The van der Waals surface area contributed by atoms with Crippen LogP contribution in [-0.4, -0.2) is 24.0 Å². The van der Waals surface area contributed by atoms with Gasteiger partial charge in [-0.3, -0.25) is 4.79 Å². The molecule has 4 N–H and O–H groups in total. The monoisotopic (exact) mass is 290 g/mol. The Morgan fingerprint density at radius 3 is 2.67 bits per heavy atom. The lowest BCUT2D eigenvalue weighted by molar-refractivity contribution is 0.0953. The number of carbonyl (C=O) groups is 1. The van der Waals surface area contributed by atoms with Crippen LogP contribution in [0.15, 0.2) is 29.3 Å². The Kier molecular flexibility index (Phi) is 6.21. The number of rotatable bonds is 5. The summed E-state index contributed by atoms with van der Waals surface area (Å²) >= 11 is 0. The summed E-state index contributed by atoms with van der Waals surface area (Å²) in [7, 11) is 0. The van der Waals surface area contributed by atoms with Crippen LogP contribution in [-0.2, 0) is 6.54 Å². The van der Waals surface area contributed by atoms with Crippen LogP contribution in [0.2, 0.25) is 0 Å². The zero-order valence-corrected chi connectivity index (χ0v) is 13.4. The summed E-state index contributed by atoms with van der Waals surface area (Å²) in [5.74, 6) is 0.354. The third kappa shape index (κ3) is 6.79. The molecule has 0 atom stereocenters. The summed E-state index contributed by atoms with van der Waals surface area (Å²) < 4.78 is 0. The molecule has 21 heavy (non-hydrogen) atoms. The molecule has 0 aliphatic rings. The normalized spacial score (nSPS) is 12.1. The molecule has 1 amide bonds. The van der Waals surface area contributed by atoms with Gasteiger partial charge in [0, 0.05) is 17.6 Å². The molecule has 0 saturated heterocycles. The Balaban J connectivity index is 2.68. The van der Waals surface area contributed by atoms with Crippen molar-refractivity contribution in [3.8, 4) is 0 Å². The molecule has 5 heteroatoms. The molecule has 0 spiro atoms. The van der Waals surface area contributed by atoms with E-state index in [4.69, 9.17) is 5.73 Å². The minimum absolute atomic E-state index is 0.0523. The van der Waals surface area contributed by atoms with Crippen LogP contribution in [0, 0.1) is 0 Å². The molecule has 0 bridgehead atoms. The van der Waals surface area contributed by atoms with Crippen molar-refractivity contribution < 1.29 is 4.79 Å². The summed E-state index contributed by atoms with van der Waals surface area (Å²) in [5.41, 5.74) is 7.32. The zero-order valence-electron chi connectivity index (χ0n) is 13.4. The van der Waals surface area contributed by atoms with Crippen molar-refractivity contribution in [2.24, 2.45) is 10.7 Å². The lowest BCUT2D eigenvalue weighted by Gasteiger charge is -2.21. The Bertz CT molecular complexity index is 503. The van der Waals surface area contributed by atoms with Gasteiger partial charge in [0.25, 0.3) is 5.91 Å². The molecule has 0 aliphatic carbocycles. The molecule has 0 fully saturated rings. The van der Waals surface area contributed by atoms with Gasteiger partial charge >= 0.3 is 0 Å². The highest BCUT2D eigenvalue weighted by Gasteiger charge is 2.10. The van der Waals surface area contributed by atoms with Gasteiger partial charge in [0.05, 0.1) is 6.54 Å². The van der Waals surface area contributed by atoms with E-state index in [1.54, 1.807) is 6.07 Å². The van der Waals surface area contributed by atoms with Gasteiger partial charge in [-0.05, 0) is 44.9 Å². The van der Waals surface area contributed by atoms with Gasteiger partial charge in [-0.25, -0.2) is 4.99 Å². The third-order valence-corrected chi connectivity index (χ3v) is 2.66. The number of guanidine groups is 1. The van der Waals surface area contributed by atoms with Crippen LogP contribution in [0.4, 0.5) is 0 Å². The van der Waals surface area contributed by atoms with E-state index in [-0.39, 0.29) is 11.4 Å². The number of amides is 1. The van der Waals surface area contributed by atoms with E-state index in [0.717, 1.165) is 12.0 Å². The van der Waals surface area contributed by atoms with E-state index in [1.807, 2.05) is 45.9 Å². The number of nitrogens with zero attached hydrogens (tertiary/aromatic N) is 1. The predicted molar refractivity (Wildman–Crippen MR) is 87.3 cm³/mol. The van der Waals surface area contributed by atoms with Gasteiger partial charge in [-0.1, -0.05) is 19.1 Å². The second-order valence-corrected chi connectivity index (χ2v) is 6.03. The van der Waals surface area contributed by atoms with Crippen LogP contribution >= 0.6 is 0 Å². The predicted octanol–water partition coefficient (Wildman–Crippen LogP) is 2.03. The first-order valence-electron chi connectivity index (χ1n) is 7.27. The Morgan fingerprint density at radius 1 is 1.33 bits per heavy atom. The third-order valence-electron chi connectivity index (χ3n) is 2.66. The molecule has 0 saturated carbocycles. The zero-order chi connectivity index (χ0) is 15.9. The van der Waals surface area contributed by atoms with E-state index < -0.39 is 0 Å². The molecule has 0 radical (unpaired) electrons. The van der Waals surface area contributed by atoms with Crippen molar-refractivity contribution in [3.63, 3.8) is 0 Å². The Morgan fingerprint density at radius 2 is 2.05 bits per heavy atom. The van der Waals surface area contributed by atoms with Gasteiger partial charge in [0.15, 0.2) is 5.96 Å². The maximum atomic E-state index is 11.9. The van der Waals surface area contributed by atoms with Crippen molar-refractivity contribution in [2.45, 2.75) is 46.2 Å². The lowest BCUT2D eigenvalue weighted by Crippen LogP contribution is -2.44. The largest absolute Gasteiger partial charge is 0.370 e. The summed E-state index contributed by atoms with van der Waals surface area (Å²) in [6, 6.07) is 7.44. The van der Waals surface area contributed by atoms with Crippen molar-refractivity contribution in [1.29, 1.82) is 0 Å². The SMILES string of the molecule is CCCNC(=O)c1cccc(CN=C(N)NC(C)(C)C)c1. The van der Waals surface area contributed by atoms with Crippen LogP contribution in [0.5, 0.6) is 0 Å². The highest BCUT2D eigenvalue weighted by molar-refractivity contribution is 5.94. The van der Waals surface area contributed by atoms with Gasteiger partial charge < -0.3 is 16.4 Å². The Hall–Kier alpha value is -2.04. The van der Waals surface area contributed by atoms with Crippen LogP contribution < -0.4 is 16.4 Å². The molecule has 116 valence electrons. The van der Waals surface area contributed by atoms with Crippen molar-refractivity contribution in [1.82, 2.24) is 10.6 Å². The molecule has 0 unspecified atom stereocenters. The number of hydrogen-bond acceptors (Lipinski definition) is 2. The summed E-state index contributed by atoms with van der Waals surface area (Å²) in [6.07, 6.45) is 0.921. The second kappa shape index (κ2) is 7.67. The Labute approximate surface area is 127 Å². The van der Waals surface area contributed by atoms with Crippen molar-refractivity contribution >= 4 is 11.9 Å². The molecule has 5 nitrogen and oxygen atoms in total. The fourth-order valence-electron chi connectivity index (χ4n) is 1.75. The number of aliphatic imine (C=N–C) groups is 1. The number of nitrogens with two attached hydrogens (primary N) is 1. The molecule has 1 aromatic rings. The van der Waals surface area contributed by atoms with E-state index in [2.05, 4.69) is 15.6 Å². The van der Waals surface area contributed by atoms with E-state index in [1.165, 1.54) is 0 Å². The average Bonchev–Trinajstić information content (AvgIpc) is 2.41. The average molecular weight is 290 g/mol. The first-order valence-corrected chi connectivity index (χ1v) is 7.27. The molecule has 0 heterocycles. The van der Waals surface area contributed by atoms with Gasteiger partial charge in [-0.15, -0.1) is 0 Å². The molecule has 1 rings (SSSR count). The maximum absolute atomic E-state index is 11.9. The molecule has 1 aromatic carbocycles. The highest BCUT2D eigenvalue weighted by atomic mass is 16.1. The van der Waals surface area contributed by atoms with Crippen molar-refractivity contribution in [2.75, 3.05) is 6.54 Å². The first-order chi connectivity index (χ1) is 9.81. The maximum Gasteiger partial charge on any atom is 0.251 e. The van der Waals surface area contributed by atoms with Gasteiger partial charge in [-0.2, -0.15) is 0 Å². The minimum Gasteiger partial charge on any atom is -0.370 e. The van der Waals surface area contributed by atoms with Gasteiger partial charge in [0.1, 0.15) is 0 Å². The van der Waals surface area contributed by atoms with Crippen LogP contribution in [0.3, 0.4) is 0 Å². The molecule has 0 aliphatic heterocycles. The number of nitrogens with one attached hydrogen (secondary N) is 2. The quantitative estimate of drug-likeness (QED) is 0.573. The summed E-state index contributed by atoms with van der Waals surface area (Å²) in [6.45, 7) is 9.22. The van der Waals surface area contributed by atoms with E-state index in [9.17, 15) is 4.79 Å². The fourth-order valence-corrected chi connectivity index (χ4v) is 1.75. The highest BCUT2D eigenvalue weighted by Crippen LogP contribution is 2.07. The first kappa shape index (κ1) is 17.0. The van der Waals surface area contributed by atoms with Gasteiger partial charge in [0.2, 0.25) is 0 Å². The number of hydrogen-bond donors (Lipinski definition) is 3. The second-order valence-electron chi connectivity index (χ2n) is 6.03. The van der Waals surface area contributed by atoms with E-state index >= 15 is 0 Å². The summed E-state index contributed by atoms with van der Waals surface area (Å²) in [5, 5.41) is 5.96. The smallest absolute Gasteiger partial charge is 0.251 e. The van der Waals surface area contributed by atoms with Crippen LogP contribution in [0.25, 0.3) is 0 Å². The number of benzene rings is 1. The molecular weight excluding hydrogens is 264 g/mol. The standard InChI is InChI=1S/C16H26N4O/c1-5-9-18-14(21)13-8-6-7-12(10-13)11-19-15(17)20-16(2,3)4/h6-8,10H,5,9,11H2,1-4H3,(H,18,21)(H3,17,19,20).